The normalized spacial score (nSPS) is 16.2. The van der Waals surface area contributed by atoms with E-state index in [-0.39, 0.29) is 5.92 Å². The lowest BCUT2D eigenvalue weighted by atomic mass is 9.92. The minimum Gasteiger partial charge on any atom is -0.384 e. The smallest absolute Gasteiger partial charge is 0.384 e. The van der Waals surface area contributed by atoms with Gasteiger partial charge in [-0.2, -0.15) is 13.2 Å². The first-order valence-corrected chi connectivity index (χ1v) is 9.00. The summed E-state index contributed by atoms with van der Waals surface area (Å²) in [5.41, 5.74) is 1.13. The Morgan fingerprint density at radius 3 is 2.33 bits per heavy atom. The van der Waals surface area contributed by atoms with Crippen molar-refractivity contribution in [2.45, 2.75) is 42.9 Å². The molecule has 1 aliphatic carbocycles. The van der Waals surface area contributed by atoms with E-state index in [9.17, 15) is 18.3 Å². The summed E-state index contributed by atoms with van der Waals surface area (Å²) in [5, 5.41) is 10.7. The van der Waals surface area contributed by atoms with Crippen molar-refractivity contribution in [3.63, 3.8) is 0 Å². The highest BCUT2D eigenvalue weighted by molar-refractivity contribution is 7.99. The molecule has 2 aromatic carbocycles. The van der Waals surface area contributed by atoms with Crippen LogP contribution in [-0.4, -0.2) is 10.9 Å². The number of thioether (sulfide) groups is 1. The molecular weight excluding hydrogens is 333 g/mol. The van der Waals surface area contributed by atoms with E-state index in [1.54, 1.807) is 23.9 Å². The number of aliphatic hydroxyl groups excluding tert-OH is 1. The molecular formula is C19H19F3OS. The minimum atomic E-state index is -4.40. The number of halogens is 3. The Morgan fingerprint density at radius 2 is 1.79 bits per heavy atom. The molecule has 5 heteroatoms. The minimum absolute atomic E-state index is 0.270. The third-order valence-electron chi connectivity index (χ3n) is 4.23. The Labute approximate surface area is 143 Å². The van der Waals surface area contributed by atoms with E-state index in [0.29, 0.717) is 11.1 Å². The number of aliphatic hydroxyl groups is 1. The fourth-order valence-electron chi connectivity index (χ4n) is 2.85. The van der Waals surface area contributed by atoms with Crippen molar-refractivity contribution in [1.29, 1.82) is 0 Å². The SMILES string of the molecule is CCSc1ccc(C(O)c2cc(C(F)(F)F)ccc2C2CC2)cc1. The number of benzene rings is 2. The molecule has 1 saturated carbocycles. The zero-order valence-electron chi connectivity index (χ0n) is 13.3. The van der Waals surface area contributed by atoms with Gasteiger partial charge < -0.3 is 5.11 Å². The molecule has 128 valence electrons. The second-order valence-electron chi connectivity index (χ2n) is 6.02. The molecule has 1 atom stereocenters. The Bertz CT molecular complexity index is 706. The lowest BCUT2D eigenvalue weighted by Gasteiger charge is -2.18. The third-order valence-corrected chi connectivity index (χ3v) is 5.13. The summed E-state index contributed by atoms with van der Waals surface area (Å²) in [6.45, 7) is 2.05. The monoisotopic (exact) mass is 352 g/mol. The molecule has 0 aromatic heterocycles. The first kappa shape index (κ1) is 17.4. The van der Waals surface area contributed by atoms with E-state index in [0.717, 1.165) is 41.2 Å². The summed E-state index contributed by atoms with van der Waals surface area (Å²) < 4.78 is 39.1. The molecule has 0 aliphatic heterocycles. The first-order chi connectivity index (χ1) is 11.4. The van der Waals surface area contributed by atoms with Gasteiger partial charge in [0.05, 0.1) is 5.56 Å². The van der Waals surface area contributed by atoms with Crippen LogP contribution in [0.1, 0.15) is 54.0 Å². The molecule has 1 fully saturated rings. The van der Waals surface area contributed by atoms with Gasteiger partial charge in [-0.25, -0.2) is 0 Å². The van der Waals surface area contributed by atoms with Crippen LogP contribution in [0.15, 0.2) is 47.4 Å². The standard InChI is InChI=1S/C19H19F3OS/c1-2-24-15-8-5-13(6-9-15)18(23)17-11-14(19(20,21)22)7-10-16(17)12-3-4-12/h5-12,18,23H,2-4H2,1H3. The highest BCUT2D eigenvalue weighted by Gasteiger charge is 2.34. The van der Waals surface area contributed by atoms with Gasteiger partial charge in [-0.3, -0.25) is 0 Å². The zero-order chi connectivity index (χ0) is 17.3. The molecule has 1 aliphatic rings. The molecule has 0 spiro atoms. The van der Waals surface area contributed by atoms with Crippen molar-refractivity contribution < 1.29 is 18.3 Å². The van der Waals surface area contributed by atoms with Gasteiger partial charge in [0.2, 0.25) is 0 Å². The lowest BCUT2D eigenvalue weighted by Crippen LogP contribution is -2.10. The highest BCUT2D eigenvalue weighted by atomic mass is 32.2. The summed E-state index contributed by atoms with van der Waals surface area (Å²) in [4.78, 5) is 1.08. The van der Waals surface area contributed by atoms with Crippen LogP contribution in [0.3, 0.4) is 0 Å². The maximum absolute atomic E-state index is 13.0. The van der Waals surface area contributed by atoms with Crippen molar-refractivity contribution in [3.05, 3.63) is 64.7 Å². The van der Waals surface area contributed by atoms with Crippen LogP contribution in [0.4, 0.5) is 13.2 Å². The molecule has 1 unspecified atom stereocenters. The number of hydrogen-bond donors (Lipinski definition) is 1. The zero-order valence-corrected chi connectivity index (χ0v) is 14.1. The molecule has 0 radical (unpaired) electrons. The molecule has 0 heterocycles. The van der Waals surface area contributed by atoms with Gasteiger partial charge in [0.25, 0.3) is 0 Å². The number of hydrogen-bond acceptors (Lipinski definition) is 2. The summed E-state index contributed by atoms with van der Waals surface area (Å²) in [7, 11) is 0. The molecule has 1 N–H and O–H groups in total. The van der Waals surface area contributed by atoms with Crippen LogP contribution < -0.4 is 0 Å². The largest absolute Gasteiger partial charge is 0.416 e. The lowest BCUT2D eigenvalue weighted by molar-refractivity contribution is -0.137. The summed E-state index contributed by atoms with van der Waals surface area (Å²) in [6.07, 6.45) is -3.50. The summed E-state index contributed by atoms with van der Waals surface area (Å²) >= 11 is 1.68. The van der Waals surface area contributed by atoms with Crippen LogP contribution in [-0.2, 0) is 6.18 Å². The van der Waals surface area contributed by atoms with E-state index >= 15 is 0 Å². The van der Waals surface area contributed by atoms with Crippen LogP contribution in [0.2, 0.25) is 0 Å². The first-order valence-electron chi connectivity index (χ1n) is 8.02. The van der Waals surface area contributed by atoms with E-state index in [1.165, 1.54) is 6.07 Å². The average Bonchev–Trinajstić information content (AvgIpc) is 3.39. The Kier molecular flexibility index (Phi) is 4.92. The molecule has 0 bridgehead atoms. The number of alkyl halides is 3. The van der Waals surface area contributed by atoms with Crippen molar-refractivity contribution in [3.8, 4) is 0 Å². The van der Waals surface area contributed by atoms with E-state index in [2.05, 4.69) is 6.92 Å². The van der Waals surface area contributed by atoms with Gasteiger partial charge in [-0.1, -0.05) is 25.1 Å². The Morgan fingerprint density at radius 1 is 1.12 bits per heavy atom. The van der Waals surface area contributed by atoms with Crippen LogP contribution in [0.5, 0.6) is 0 Å². The van der Waals surface area contributed by atoms with Crippen LogP contribution in [0.25, 0.3) is 0 Å². The molecule has 3 rings (SSSR count). The van der Waals surface area contributed by atoms with Gasteiger partial charge in [-0.15, -0.1) is 11.8 Å². The molecule has 24 heavy (non-hydrogen) atoms. The maximum atomic E-state index is 13.0. The topological polar surface area (TPSA) is 20.2 Å². The second-order valence-corrected chi connectivity index (χ2v) is 7.36. The van der Waals surface area contributed by atoms with Gasteiger partial charge in [0.15, 0.2) is 0 Å². The van der Waals surface area contributed by atoms with Crippen LogP contribution in [0, 0.1) is 0 Å². The predicted molar refractivity (Wildman–Crippen MR) is 90.3 cm³/mol. The van der Waals surface area contributed by atoms with Crippen LogP contribution >= 0.6 is 11.8 Å². The van der Waals surface area contributed by atoms with Gasteiger partial charge >= 0.3 is 6.18 Å². The fraction of sp³-hybridized carbons (Fsp3) is 0.368. The average molecular weight is 352 g/mol. The second kappa shape index (κ2) is 6.81. The van der Waals surface area contributed by atoms with E-state index < -0.39 is 17.8 Å². The van der Waals surface area contributed by atoms with Gasteiger partial charge in [-0.05, 0) is 65.5 Å². The molecule has 1 nitrogen and oxygen atoms in total. The van der Waals surface area contributed by atoms with E-state index in [1.807, 2.05) is 12.1 Å². The highest BCUT2D eigenvalue weighted by Crippen LogP contribution is 2.45. The Hall–Kier alpha value is -1.46. The van der Waals surface area contributed by atoms with Crippen molar-refractivity contribution in [2.75, 3.05) is 5.75 Å². The number of rotatable bonds is 5. The van der Waals surface area contributed by atoms with E-state index in [4.69, 9.17) is 0 Å². The summed E-state index contributed by atoms with van der Waals surface area (Å²) in [6, 6.07) is 11.1. The van der Waals surface area contributed by atoms with Gasteiger partial charge in [0, 0.05) is 4.90 Å². The van der Waals surface area contributed by atoms with Gasteiger partial charge in [0.1, 0.15) is 6.10 Å². The maximum Gasteiger partial charge on any atom is 0.416 e. The molecule has 0 amide bonds. The molecule has 0 saturated heterocycles. The third kappa shape index (κ3) is 3.78. The van der Waals surface area contributed by atoms with Crippen molar-refractivity contribution in [1.82, 2.24) is 0 Å². The van der Waals surface area contributed by atoms with Crippen molar-refractivity contribution >= 4 is 11.8 Å². The van der Waals surface area contributed by atoms with Crippen molar-refractivity contribution in [2.24, 2.45) is 0 Å². The quantitative estimate of drug-likeness (QED) is 0.689. The fourth-order valence-corrected chi connectivity index (χ4v) is 3.51. The summed E-state index contributed by atoms with van der Waals surface area (Å²) in [5.74, 6) is 1.22. The Balaban J connectivity index is 1.96. The predicted octanol–water partition coefficient (Wildman–Crippen LogP) is 5.78. The molecule has 2 aromatic rings.